The summed E-state index contributed by atoms with van der Waals surface area (Å²) in [6.07, 6.45) is 11.9. The van der Waals surface area contributed by atoms with Crippen molar-refractivity contribution in [1.29, 1.82) is 0 Å². The summed E-state index contributed by atoms with van der Waals surface area (Å²) >= 11 is 0. The molecule has 60 heavy (non-hydrogen) atoms. The maximum atomic E-state index is 12.3. The number of hydroxylamine groups is 2. The first-order chi connectivity index (χ1) is 27.9. The third kappa shape index (κ3) is 11.6. The quantitative estimate of drug-likeness (QED) is 0.0522. The second-order valence-electron chi connectivity index (χ2n) is 16.2. The Balaban J connectivity index is 1.38. The number of hydrogen-bond acceptors (Lipinski definition) is 11. The van der Waals surface area contributed by atoms with Crippen LogP contribution in [0.2, 0.25) is 0 Å². The first kappa shape index (κ1) is 46.5. The zero-order valence-corrected chi connectivity index (χ0v) is 36.5. The Labute approximate surface area is 351 Å². The topological polar surface area (TPSA) is 233 Å². The van der Waals surface area contributed by atoms with Crippen LogP contribution in [0, 0.1) is 0 Å². The van der Waals surface area contributed by atoms with E-state index in [2.05, 4.69) is 4.58 Å². The largest absolute Gasteiger partial charge is 0.344 e. The molecule has 2 aromatic rings. The maximum Gasteiger partial charge on any atom is 0.333 e. The van der Waals surface area contributed by atoms with Crippen LogP contribution >= 0.6 is 0 Å². The Bertz CT molecular complexity index is 2490. The molecule has 19 heteroatoms. The van der Waals surface area contributed by atoms with Gasteiger partial charge in [0.05, 0.1) is 11.2 Å². The number of unbranched alkanes of at least 4 members (excludes halogenated alkanes) is 3. The predicted octanol–water partition coefficient (Wildman–Crippen LogP) is 5.47. The van der Waals surface area contributed by atoms with Crippen LogP contribution in [0.1, 0.15) is 101 Å². The van der Waals surface area contributed by atoms with Crippen molar-refractivity contribution in [3.8, 4) is 0 Å². The molecule has 16 nitrogen and oxygen atoms in total. The molecule has 0 radical (unpaired) electrons. The Morgan fingerprint density at radius 1 is 0.750 bits per heavy atom. The van der Waals surface area contributed by atoms with Crippen molar-refractivity contribution in [2.75, 3.05) is 23.7 Å². The summed E-state index contributed by atoms with van der Waals surface area (Å²) in [4.78, 5) is 43.0. The molecular weight excluding hydrogens is 839 g/mol. The molecule has 326 valence electrons. The highest BCUT2D eigenvalue weighted by atomic mass is 32.2. The van der Waals surface area contributed by atoms with Gasteiger partial charge >= 0.3 is 5.97 Å². The van der Waals surface area contributed by atoms with E-state index in [9.17, 15) is 53.3 Å². The zero-order chi connectivity index (χ0) is 44.3. The lowest BCUT2D eigenvalue weighted by Gasteiger charge is -2.27. The normalized spacial score (nSPS) is 18.4. The Hall–Kier alpha value is -4.53. The van der Waals surface area contributed by atoms with Crippen molar-refractivity contribution >= 4 is 65.2 Å². The summed E-state index contributed by atoms with van der Waals surface area (Å²) in [7, 11) is -12.7. The first-order valence-electron chi connectivity index (χ1n) is 19.5. The average molecular weight is 891 g/mol. The number of anilines is 1. The van der Waals surface area contributed by atoms with Crippen LogP contribution in [0.15, 0.2) is 72.5 Å². The van der Waals surface area contributed by atoms with Crippen LogP contribution in [0.4, 0.5) is 11.4 Å². The van der Waals surface area contributed by atoms with Crippen molar-refractivity contribution in [2.24, 2.45) is 0 Å². The molecule has 0 aliphatic carbocycles. The summed E-state index contributed by atoms with van der Waals surface area (Å²) in [6, 6.07) is 10.4. The molecule has 1 fully saturated rings. The van der Waals surface area contributed by atoms with E-state index >= 15 is 0 Å². The van der Waals surface area contributed by atoms with E-state index in [1.807, 2.05) is 69.0 Å². The van der Waals surface area contributed by atoms with Crippen LogP contribution in [0.25, 0.3) is 0 Å². The van der Waals surface area contributed by atoms with E-state index in [4.69, 9.17) is 4.84 Å². The first-order valence-corrected chi connectivity index (χ1v) is 24.4. The molecule has 5 rings (SSSR count). The highest BCUT2D eigenvalue weighted by Crippen LogP contribution is 2.48. The number of rotatable bonds is 19. The number of amides is 2. The van der Waals surface area contributed by atoms with Gasteiger partial charge in [-0.1, -0.05) is 50.3 Å². The van der Waals surface area contributed by atoms with Crippen molar-refractivity contribution in [1.82, 2.24) is 5.06 Å². The maximum absolute atomic E-state index is 12.3. The summed E-state index contributed by atoms with van der Waals surface area (Å²) < 4.78 is 100. The van der Waals surface area contributed by atoms with Gasteiger partial charge in [-0.05, 0) is 74.4 Å². The molecule has 3 heterocycles. The third-order valence-electron chi connectivity index (χ3n) is 10.8. The number of nitrogens with zero attached hydrogens (tertiary/aromatic N) is 3. The van der Waals surface area contributed by atoms with Crippen molar-refractivity contribution in [2.45, 2.75) is 101 Å². The lowest BCUT2D eigenvalue weighted by atomic mass is 9.81. The van der Waals surface area contributed by atoms with Gasteiger partial charge in [-0.3, -0.25) is 23.2 Å². The highest BCUT2D eigenvalue weighted by Gasteiger charge is 2.44. The smallest absolute Gasteiger partial charge is 0.333 e. The van der Waals surface area contributed by atoms with Gasteiger partial charge in [0.1, 0.15) is 18.1 Å². The number of imide groups is 1. The molecule has 0 saturated carbocycles. The molecule has 3 aliphatic heterocycles. The summed E-state index contributed by atoms with van der Waals surface area (Å²) in [5.41, 5.74) is 4.74. The fraction of sp³-hybridized carbons (Fsp3) is 0.463. The number of hydrogen-bond donors (Lipinski definition) is 3. The Kier molecular flexibility index (Phi) is 14.1. The SMILES string of the molecule is CC1(C)C(/C=C/C=C/C=C2/N(CCCCS(=O)(=O)O)c3ccc(CS(=O)(=O)O)cc3C2(C)C)=[N+](CCCCCC(=O)ON2C(=O)CCC2=O)c2ccc(CS(=O)(=O)O)cc21. The van der Waals surface area contributed by atoms with Gasteiger partial charge in [0, 0.05) is 66.7 Å². The lowest BCUT2D eigenvalue weighted by Crippen LogP contribution is -2.31. The van der Waals surface area contributed by atoms with Crippen LogP contribution < -0.4 is 4.90 Å². The van der Waals surface area contributed by atoms with Gasteiger partial charge in [-0.15, -0.1) is 5.06 Å². The van der Waals surface area contributed by atoms with E-state index in [1.165, 1.54) is 0 Å². The second-order valence-corrected chi connectivity index (χ2v) is 20.7. The molecule has 0 unspecified atom stereocenters. The third-order valence-corrected chi connectivity index (χ3v) is 13.0. The summed E-state index contributed by atoms with van der Waals surface area (Å²) in [5.74, 6) is -3.22. The van der Waals surface area contributed by atoms with Crippen molar-refractivity contribution in [3.63, 3.8) is 0 Å². The number of allylic oxidation sites excluding steroid dienone is 6. The Morgan fingerprint density at radius 2 is 1.37 bits per heavy atom. The van der Waals surface area contributed by atoms with E-state index in [0.29, 0.717) is 55.0 Å². The molecule has 3 N–H and O–H groups in total. The lowest BCUT2D eigenvalue weighted by molar-refractivity contribution is -0.438. The summed E-state index contributed by atoms with van der Waals surface area (Å²) in [6.45, 7) is 8.95. The summed E-state index contributed by atoms with van der Waals surface area (Å²) in [5, 5.41) is 0.534. The molecule has 0 bridgehead atoms. The van der Waals surface area contributed by atoms with E-state index in [0.717, 1.165) is 33.9 Å². The van der Waals surface area contributed by atoms with E-state index < -0.39 is 70.5 Å². The fourth-order valence-electron chi connectivity index (χ4n) is 7.96. The van der Waals surface area contributed by atoms with Crippen molar-refractivity contribution in [3.05, 3.63) is 94.7 Å². The van der Waals surface area contributed by atoms with Gasteiger partial charge in [0.15, 0.2) is 5.71 Å². The zero-order valence-electron chi connectivity index (χ0n) is 34.0. The van der Waals surface area contributed by atoms with Crippen LogP contribution in [0.5, 0.6) is 0 Å². The molecule has 2 aromatic carbocycles. The van der Waals surface area contributed by atoms with Crippen LogP contribution in [0.3, 0.4) is 0 Å². The minimum absolute atomic E-state index is 0.0121. The Morgan fingerprint density at radius 3 is 1.98 bits per heavy atom. The molecule has 0 aromatic heterocycles. The molecule has 0 spiro atoms. The second kappa shape index (κ2) is 18.2. The van der Waals surface area contributed by atoms with Gasteiger partial charge in [-0.2, -0.15) is 29.8 Å². The molecular formula is C41H52N3O13S3+. The van der Waals surface area contributed by atoms with Crippen LogP contribution in [-0.2, 0) is 71.9 Å². The van der Waals surface area contributed by atoms with Gasteiger partial charge in [0.2, 0.25) is 5.69 Å². The molecule has 1 saturated heterocycles. The van der Waals surface area contributed by atoms with Crippen molar-refractivity contribution < 1.29 is 62.7 Å². The predicted molar refractivity (Wildman–Crippen MR) is 224 cm³/mol. The standard InChI is InChI=1S/C41H51N3O13S3/c1-40(2)31-25-29(27-59(51,52)53)16-18-33(31)42(22-10-6-9-15-39(47)57-44-37(45)20-21-38(44)46)35(40)13-7-5-8-14-36-41(3,4)32-26-30(28-60(54,55)56)17-19-34(32)43(36)23-11-12-24-58(48,49)50/h5,7-8,13-14,16-19,25-26H,6,9-12,15,20-24,27-28H2,1-4H3,(H2-,48,49,50,51,52,53,54,55,56)/p+1. The van der Waals surface area contributed by atoms with Gasteiger partial charge < -0.3 is 9.74 Å². The number of fused-ring (bicyclic) bond motifs is 2. The minimum Gasteiger partial charge on any atom is -0.344 e. The molecule has 0 atom stereocenters. The van der Waals surface area contributed by atoms with Gasteiger partial charge in [-0.25, -0.2) is 4.79 Å². The van der Waals surface area contributed by atoms with E-state index in [-0.39, 0.29) is 31.4 Å². The van der Waals surface area contributed by atoms with E-state index in [1.54, 1.807) is 30.3 Å². The minimum atomic E-state index is -4.28. The molecule has 3 aliphatic rings. The van der Waals surface area contributed by atoms with Gasteiger partial charge in [0.25, 0.3) is 42.2 Å². The number of carbonyl (C=O) groups is 3. The number of benzene rings is 2. The number of carbonyl (C=O) groups excluding carboxylic acids is 3. The highest BCUT2D eigenvalue weighted by molar-refractivity contribution is 7.85. The fourth-order valence-corrected chi connectivity index (χ4v) is 9.73. The average Bonchev–Trinajstić information content (AvgIpc) is 3.63. The molecule has 2 amide bonds. The van der Waals surface area contributed by atoms with Crippen LogP contribution in [-0.4, -0.2) is 90.9 Å². The monoisotopic (exact) mass is 890 g/mol.